The molecule has 1 aromatic rings. The first-order valence-corrected chi connectivity index (χ1v) is 6.93. The van der Waals surface area contributed by atoms with Gasteiger partial charge in [0.2, 0.25) is 0 Å². The lowest BCUT2D eigenvalue weighted by molar-refractivity contribution is 0.0952. The van der Waals surface area contributed by atoms with E-state index >= 15 is 0 Å². The van der Waals surface area contributed by atoms with Crippen LogP contribution in [0.5, 0.6) is 0 Å². The molecule has 1 aliphatic rings. The number of carbonyl (C=O) groups is 1. The van der Waals surface area contributed by atoms with Gasteiger partial charge >= 0.3 is 0 Å². The van der Waals surface area contributed by atoms with Gasteiger partial charge in [0, 0.05) is 18.2 Å². The predicted octanol–water partition coefficient (Wildman–Crippen LogP) is 2.46. The van der Waals surface area contributed by atoms with Crippen LogP contribution in [-0.4, -0.2) is 25.0 Å². The topological polar surface area (TPSA) is 41.1 Å². The van der Waals surface area contributed by atoms with Gasteiger partial charge in [-0.05, 0) is 59.9 Å². The molecule has 3 nitrogen and oxygen atoms in total. The van der Waals surface area contributed by atoms with Crippen LogP contribution in [0.1, 0.15) is 29.6 Å². The Balaban J connectivity index is 1.81. The quantitative estimate of drug-likeness (QED) is 0.896. The van der Waals surface area contributed by atoms with Crippen LogP contribution < -0.4 is 10.6 Å². The van der Waals surface area contributed by atoms with Crippen molar-refractivity contribution in [1.29, 1.82) is 0 Å². The second-order valence-electron chi connectivity index (χ2n) is 4.47. The molecule has 0 spiro atoms. The fourth-order valence-corrected chi connectivity index (χ4v) is 2.35. The molecule has 2 rings (SSSR count). The van der Waals surface area contributed by atoms with Crippen molar-refractivity contribution >= 4 is 21.8 Å². The van der Waals surface area contributed by atoms with Crippen LogP contribution in [0.2, 0.25) is 0 Å². The van der Waals surface area contributed by atoms with Crippen LogP contribution in [0.25, 0.3) is 0 Å². The van der Waals surface area contributed by atoms with Gasteiger partial charge in [0.1, 0.15) is 5.82 Å². The number of carbonyl (C=O) groups excluding carboxylic acids is 1. The Bertz CT molecular complexity index is 433. The Morgan fingerprint density at radius 2 is 2.39 bits per heavy atom. The SMILES string of the molecule is O=C(NCC[C@@H]1CCCN1)c1ccc(Br)c(F)c1. The van der Waals surface area contributed by atoms with E-state index in [1.807, 2.05) is 0 Å². The molecule has 1 saturated heterocycles. The molecule has 0 aliphatic carbocycles. The van der Waals surface area contributed by atoms with Crippen molar-refractivity contribution < 1.29 is 9.18 Å². The lowest BCUT2D eigenvalue weighted by atomic mass is 10.1. The number of halogens is 2. The van der Waals surface area contributed by atoms with Crippen molar-refractivity contribution in [2.75, 3.05) is 13.1 Å². The van der Waals surface area contributed by atoms with E-state index in [0.717, 1.165) is 13.0 Å². The third kappa shape index (κ3) is 3.53. The largest absolute Gasteiger partial charge is 0.352 e. The summed E-state index contributed by atoms with van der Waals surface area (Å²) >= 11 is 3.06. The summed E-state index contributed by atoms with van der Waals surface area (Å²) in [7, 11) is 0. The molecule has 1 amide bonds. The highest BCUT2D eigenvalue weighted by molar-refractivity contribution is 9.10. The Morgan fingerprint density at radius 3 is 3.06 bits per heavy atom. The van der Waals surface area contributed by atoms with Crippen LogP contribution >= 0.6 is 15.9 Å². The van der Waals surface area contributed by atoms with Gasteiger partial charge in [-0.2, -0.15) is 0 Å². The average molecular weight is 315 g/mol. The summed E-state index contributed by atoms with van der Waals surface area (Å²) in [5.41, 5.74) is 0.357. The van der Waals surface area contributed by atoms with Crippen LogP contribution in [-0.2, 0) is 0 Å². The highest BCUT2D eigenvalue weighted by Crippen LogP contribution is 2.16. The van der Waals surface area contributed by atoms with E-state index in [4.69, 9.17) is 0 Å². The summed E-state index contributed by atoms with van der Waals surface area (Å²) in [4.78, 5) is 11.8. The highest BCUT2D eigenvalue weighted by atomic mass is 79.9. The van der Waals surface area contributed by atoms with Crippen LogP contribution in [0, 0.1) is 5.82 Å². The third-order valence-electron chi connectivity index (χ3n) is 3.12. The number of benzene rings is 1. The first-order chi connectivity index (χ1) is 8.66. The fourth-order valence-electron chi connectivity index (χ4n) is 2.10. The molecule has 0 radical (unpaired) electrons. The Morgan fingerprint density at radius 1 is 1.56 bits per heavy atom. The van der Waals surface area contributed by atoms with E-state index in [9.17, 15) is 9.18 Å². The maximum Gasteiger partial charge on any atom is 0.251 e. The van der Waals surface area contributed by atoms with Gasteiger partial charge in [-0.15, -0.1) is 0 Å². The zero-order valence-corrected chi connectivity index (χ0v) is 11.6. The van der Waals surface area contributed by atoms with E-state index in [-0.39, 0.29) is 5.91 Å². The molecule has 5 heteroatoms. The van der Waals surface area contributed by atoms with Crippen LogP contribution in [0.4, 0.5) is 4.39 Å². The van der Waals surface area contributed by atoms with E-state index < -0.39 is 5.82 Å². The van der Waals surface area contributed by atoms with Crippen molar-refractivity contribution in [3.05, 3.63) is 34.1 Å². The van der Waals surface area contributed by atoms with E-state index in [2.05, 4.69) is 26.6 Å². The van der Waals surface area contributed by atoms with E-state index in [1.165, 1.54) is 18.9 Å². The Labute approximate surface area is 114 Å². The zero-order valence-electron chi connectivity index (χ0n) is 10.0. The van der Waals surface area contributed by atoms with Crippen LogP contribution in [0.15, 0.2) is 22.7 Å². The number of rotatable bonds is 4. The molecule has 2 N–H and O–H groups in total. The molecule has 0 unspecified atom stereocenters. The Kier molecular flexibility index (Phi) is 4.72. The second-order valence-corrected chi connectivity index (χ2v) is 5.32. The van der Waals surface area contributed by atoms with Gasteiger partial charge < -0.3 is 10.6 Å². The smallest absolute Gasteiger partial charge is 0.251 e. The number of amides is 1. The normalized spacial score (nSPS) is 18.9. The monoisotopic (exact) mass is 314 g/mol. The minimum atomic E-state index is -0.417. The molecule has 1 heterocycles. The average Bonchev–Trinajstić information content (AvgIpc) is 2.85. The van der Waals surface area contributed by atoms with E-state index in [0.29, 0.717) is 22.6 Å². The molecule has 0 saturated carbocycles. The minimum absolute atomic E-state index is 0.223. The van der Waals surface area contributed by atoms with E-state index in [1.54, 1.807) is 12.1 Å². The van der Waals surface area contributed by atoms with Gasteiger partial charge in [0.05, 0.1) is 4.47 Å². The standard InChI is InChI=1S/C13H16BrFN2O/c14-11-4-3-9(8-12(11)15)13(18)17-7-5-10-2-1-6-16-10/h3-4,8,10,16H,1-2,5-7H2,(H,17,18)/t10-/m0/s1. The summed E-state index contributed by atoms with van der Waals surface area (Å²) in [5.74, 6) is -0.639. The number of hydrogen-bond acceptors (Lipinski definition) is 2. The van der Waals surface area contributed by atoms with Gasteiger partial charge in [-0.3, -0.25) is 4.79 Å². The first-order valence-electron chi connectivity index (χ1n) is 6.13. The summed E-state index contributed by atoms with van der Waals surface area (Å²) in [5, 5.41) is 6.18. The van der Waals surface area contributed by atoms with Gasteiger partial charge in [0.15, 0.2) is 0 Å². The number of hydrogen-bond donors (Lipinski definition) is 2. The molecule has 0 aromatic heterocycles. The Hall–Kier alpha value is -0.940. The first kappa shape index (κ1) is 13.5. The molecule has 1 aromatic carbocycles. The minimum Gasteiger partial charge on any atom is -0.352 e. The predicted molar refractivity (Wildman–Crippen MR) is 72.1 cm³/mol. The highest BCUT2D eigenvalue weighted by Gasteiger charge is 2.14. The van der Waals surface area contributed by atoms with Crippen molar-refractivity contribution in [1.82, 2.24) is 10.6 Å². The molecular formula is C13H16BrFN2O. The molecule has 98 valence electrons. The summed E-state index contributed by atoms with van der Waals surface area (Å²) < 4.78 is 13.6. The van der Waals surface area contributed by atoms with Crippen molar-refractivity contribution in [3.8, 4) is 0 Å². The lowest BCUT2D eigenvalue weighted by Gasteiger charge is -2.10. The molecule has 0 bridgehead atoms. The van der Waals surface area contributed by atoms with Gasteiger partial charge in [0.25, 0.3) is 5.91 Å². The van der Waals surface area contributed by atoms with Gasteiger partial charge in [-0.1, -0.05) is 0 Å². The molecular weight excluding hydrogens is 299 g/mol. The van der Waals surface area contributed by atoms with Crippen molar-refractivity contribution in [2.45, 2.75) is 25.3 Å². The second kappa shape index (κ2) is 6.29. The molecule has 1 fully saturated rings. The maximum absolute atomic E-state index is 13.3. The fraction of sp³-hybridized carbons (Fsp3) is 0.462. The van der Waals surface area contributed by atoms with Crippen molar-refractivity contribution in [2.24, 2.45) is 0 Å². The summed E-state index contributed by atoms with van der Waals surface area (Å²) in [6, 6.07) is 4.90. The lowest BCUT2D eigenvalue weighted by Crippen LogP contribution is -2.30. The third-order valence-corrected chi connectivity index (χ3v) is 3.77. The zero-order chi connectivity index (χ0) is 13.0. The number of nitrogens with one attached hydrogen (secondary N) is 2. The van der Waals surface area contributed by atoms with Crippen LogP contribution in [0.3, 0.4) is 0 Å². The summed E-state index contributed by atoms with van der Waals surface area (Å²) in [6.07, 6.45) is 3.30. The maximum atomic E-state index is 13.3. The molecule has 1 aliphatic heterocycles. The molecule has 18 heavy (non-hydrogen) atoms. The van der Waals surface area contributed by atoms with Gasteiger partial charge in [-0.25, -0.2) is 4.39 Å². The van der Waals surface area contributed by atoms with Crippen molar-refractivity contribution in [3.63, 3.8) is 0 Å². The molecule has 1 atom stereocenters. The summed E-state index contributed by atoms with van der Waals surface area (Å²) in [6.45, 7) is 1.69.